The van der Waals surface area contributed by atoms with Gasteiger partial charge in [0.1, 0.15) is 5.75 Å². The van der Waals surface area contributed by atoms with Gasteiger partial charge in [0, 0.05) is 11.7 Å². The highest BCUT2D eigenvalue weighted by atomic mass is 35.5. The van der Waals surface area contributed by atoms with E-state index in [0.29, 0.717) is 17.2 Å². The highest BCUT2D eigenvalue weighted by molar-refractivity contribution is 7.91. The maximum atomic E-state index is 11.3. The molecule has 0 amide bonds. The Bertz CT molecular complexity index is 515. The van der Waals surface area contributed by atoms with E-state index in [4.69, 9.17) is 16.3 Å². The molecule has 17 heavy (non-hydrogen) atoms. The second-order valence-electron chi connectivity index (χ2n) is 4.09. The number of hydrogen-bond donors (Lipinski definition) is 1. The normalized spacial score (nSPS) is 22.4. The average molecular weight is 276 g/mol. The number of methoxy groups -OCH3 is 1. The van der Waals surface area contributed by atoms with Crippen molar-refractivity contribution in [2.24, 2.45) is 0 Å². The smallest absolute Gasteiger partial charge is 0.152 e. The molecule has 1 heterocycles. The molecule has 1 aliphatic heterocycles. The molecule has 4 nitrogen and oxygen atoms in total. The van der Waals surface area contributed by atoms with Gasteiger partial charge >= 0.3 is 0 Å². The largest absolute Gasteiger partial charge is 0.495 e. The van der Waals surface area contributed by atoms with E-state index in [1.807, 2.05) is 6.07 Å². The van der Waals surface area contributed by atoms with Crippen LogP contribution >= 0.6 is 11.6 Å². The third kappa shape index (κ3) is 3.04. The van der Waals surface area contributed by atoms with Gasteiger partial charge in [-0.1, -0.05) is 11.6 Å². The predicted octanol–water partition coefficient (Wildman–Crippen LogP) is 1.95. The minimum Gasteiger partial charge on any atom is -0.495 e. The zero-order chi connectivity index (χ0) is 12.5. The van der Waals surface area contributed by atoms with Gasteiger partial charge in [-0.3, -0.25) is 0 Å². The molecule has 1 aliphatic rings. The van der Waals surface area contributed by atoms with Crippen molar-refractivity contribution in [3.63, 3.8) is 0 Å². The van der Waals surface area contributed by atoms with Crippen LogP contribution in [0.5, 0.6) is 5.75 Å². The van der Waals surface area contributed by atoms with E-state index in [1.165, 1.54) is 0 Å². The van der Waals surface area contributed by atoms with E-state index in [9.17, 15) is 8.42 Å². The number of rotatable bonds is 3. The van der Waals surface area contributed by atoms with Crippen LogP contribution in [0.15, 0.2) is 18.2 Å². The van der Waals surface area contributed by atoms with Crippen molar-refractivity contribution in [2.45, 2.75) is 12.5 Å². The van der Waals surface area contributed by atoms with Crippen molar-refractivity contribution < 1.29 is 13.2 Å². The van der Waals surface area contributed by atoms with Crippen LogP contribution in [0.2, 0.25) is 5.02 Å². The molecule has 94 valence electrons. The monoisotopic (exact) mass is 275 g/mol. The Morgan fingerprint density at radius 2 is 2.24 bits per heavy atom. The summed E-state index contributed by atoms with van der Waals surface area (Å²) in [4.78, 5) is 0. The van der Waals surface area contributed by atoms with Gasteiger partial charge in [-0.15, -0.1) is 0 Å². The first-order valence-electron chi connectivity index (χ1n) is 5.31. The molecule has 1 aromatic carbocycles. The topological polar surface area (TPSA) is 55.4 Å². The Kier molecular flexibility index (Phi) is 3.49. The fourth-order valence-corrected chi connectivity index (χ4v) is 3.83. The van der Waals surface area contributed by atoms with Gasteiger partial charge < -0.3 is 10.1 Å². The van der Waals surface area contributed by atoms with Crippen molar-refractivity contribution in [2.75, 3.05) is 23.9 Å². The number of nitrogens with one attached hydrogen (secondary N) is 1. The number of halogens is 1. The summed E-state index contributed by atoms with van der Waals surface area (Å²) >= 11 is 5.99. The summed E-state index contributed by atoms with van der Waals surface area (Å²) in [6.07, 6.45) is 0.645. The Hall–Kier alpha value is -0.940. The Balaban J connectivity index is 2.07. The first-order valence-corrected chi connectivity index (χ1v) is 7.50. The second kappa shape index (κ2) is 4.74. The highest BCUT2D eigenvalue weighted by Crippen LogP contribution is 2.28. The molecular weight excluding hydrogens is 262 g/mol. The maximum Gasteiger partial charge on any atom is 0.152 e. The molecule has 1 atom stereocenters. The molecule has 1 saturated heterocycles. The zero-order valence-electron chi connectivity index (χ0n) is 9.44. The van der Waals surface area contributed by atoms with E-state index in [2.05, 4.69) is 5.32 Å². The quantitative estimate of drug-likeness (QED) is 0.916. The zero-order valence-corrected chi connectivity index (χ0v) is 11.0. The molecule has 0 aliphatic carbocycles. The number of ether oxygens (including phenoxy) is 1. The van der Waals surface area contributed by atoms with Crippen molar-refractivity contribution in [1.29, 1.82) is 0 Å². The fraction of sp³-hybridized carbons (Fsp3) is 0.455. The highest BCUT2D eigenvalue weighted by Gasteiger charge is 2.27. The van der Waals surface area contributed by atoms with E-state index < -0.39 is 9.84 Å². The van der Waals surface area contributed by atoms with Crippen LogP contribution in [0.25, 0.3) is 0 Å². The van der Waals surface area contributed by atoms with Gasteiger partial charge in [0.05, 0.1) is 23.6 Å². The third-order valence-corrected chi connectivity index (χ3v) is 4.82. The molecule has 0 saturated carbocycles. The molecule has 2 rings (SSSR count). The number of anilines is 1. The van der Waals surface area contributed by atoms with Crippen LogP contribution in [0.3, 0.4) is 0 Å². The molecule has 6 heteroatoms. The number of benzene rings is 1. The lowest BCUT2D eigenvalue weighted by Crippen LogP contribution is -2.20. The SMILES string of the molecule is COc1ccc(NC2CCS(=O)(=O)C2)cc1Cl. The first-order chi connectivity index (χ1) is 8.00. The van der Waals surface area contributed by atoms with Gasteiger partial charge in [0.25, 0.3) is 0 Å². The lowest BCUT2D eigenvalue weighted by Gasteiger charge is -2.13. The van der Waals surface area contributed by atoms with E-state index >= 15 is 0 Å². The Morgan fingerprint density at radius 1 is 1.47 bits per heavy atom. The molecule has 1 aromatic rings. The van der Waals surface area contributed by atoms with Gasteiger partial charge in [0.15, 0.2) is 9.84 Å². The van der Waals surface area contributed by atoms with Gasteiger partial charge in [-0.25, -0.2) is 8.42 Å². The summed E-state index contributed by atoms with van der Waals surface area (Å²) in [6, 6.07) is 5.30. The van der Waals surface area contributed by atoms with Crippen molar-refractivity contribution in [3.05, 3.63) is 23.2 Å². The molecular formula is C11H14ClNO3S. The molecule has 1 N–H and O–H groups in total. The summed E-state index contributed by atoms with van der Waals surface area (Å²) in [5, 5.41) is 3.68. The molecule has 0 radical (unpaired) electrons. The minimum atomic E-state index is -2.86. The van der Waals surface area contributed by atoms with Gasteiger partial charge in [-0.05, 0) is 24.6 Å². The second-order valence-corrected chi connectivity index (χ2v) is 6.73. The lowest BCUT2D eigenvalue weighted by molar-refractivity contribution is 0.415. The van der Waals surface area contributed by atoms with E-state index in [1.54, 1.807) is 19.2 Å². The van der Waals surface area contributed by atoms with Crippen LogP contribution in [0, 0.1) is 0 Å². The molecule has 1 fully saturated rings. The summed E-state index contributed by atoms with van der Waals surface area (Å²) in [5.41, 5.74) is 0.818. The van der Waals surface area contributed by atoms with E-state index in [0.717, 1.165) is 5.69 Å². The van der Waals surface area contributed by atoms with Gasteiger partial charge in [-0.2, -0.15) is 0 Å². The summed E-state index contributed by atoms with van der Waals surface area (Å²) in [6.45, 7) is 0. The molecule has 0 spiro atoms. The number of hydrogen-bond acceptors (Lipinski definition) is 4. The standard InChI is InChI=1S/C11H14ClNO3S/c1-16-11-3-2-8(6-10(11)12)13-9-4-5-17(14,15)7-9/h2-3,6,9,13H,4-5,7H2,1H3. The predicted molar refractivity (Wildman–Crippen MR) is 68.7 cm³/mol. The average Bonchev–Trinajstić information content (AvgIpc) is 2.58. The lowest BCUT2D eigenvalue weighted by atomic mass is 10.2. The maximum absolute atomic E-state index is 11.3. The van der Waals surface area contributed by atoms with Crippen LogP contribution < -0.4 is 10.1 Å². The third-order valence-electron chi connectivity index (χ3n) is 2.76. The summed E-state index contributed by atoms with van der Waals surface area (Å²) in [5.74, 6) is 1.06. The molecule has 0 aromatic heterocycles. The number of sulfone groups is 1. The van der Waals surface area contributed by atoms with Gasteiger partial charge in [0.2, 0.25) is 0 Å². The Morgan fingerprint density at radius 3 is 2.76 bits per heavy atom. The van der Waals surface area contributed by atoms with Crippen molar-refractivity contribution >= 4 is 27.1 Å². The first kappa shape index (κ1) is 12.5. The van der Waals surface area contributed by atoms with Crippen molar-refractivity contribution in [1.82, 2.24) is 0 Å². The van der Waals surface area contributed by atoms with Crippen LogP contribution in [0.1, 0.15) is 6.42 Å². The van der Waals surface area contributed by atoms with Crippen LogP contribution in [-0.4, -0.2) is 33.1 Å². The van der Waals surface area contributed by atoms with Crippen LogP contribution in [-0.2, 0) is 9.84 Å². The molecule has 0 bridgehead atoms. The van der Waals surface area contributed by atoms with Crippen LogP contribution in [0.4, 0.5) is 5.69 Å². The Labute approximate surface area is 106 Å². The van der Waals surface area contributed by atoms with Crippen molar-refractivity contribution in [3.8, 4) is 5.75 Å². The minimum absolute atomic E-state index is 0.0236. The fourth-order valence-electron chi connectivity index (χ4n) is 1.90. The summed E-state index contributed by atoms with van der Waals surface area (Å²) in [7, 11) is -1.31. The summed E-state index contributed by atoms with van der Waals surface area (Å²) < 4.78 is 27.7. The molecule has 1 unspecified atom stereocenters. The van der Waals surface area contributed by atoms with E-state index in [-0.39, 0.29) is 17.5 Å².